The molecule has 0 radical (unpaired) electrons. The third-order valence-corrected chi connectivity index (χ3v) is 4.95. The van der Waals surface area contributed by atoms with Crippen LogP contribution in [0.3, 0.4) is 0 Å². The van der Waals surface area contributed by atoms with E-state index in [1.807, 2.05) is 31.5 Å². The van der Waals surface area contributed by atoms with Crippen LogP contribution in [-0.4, -0.2) is 52.4 Å². The Morgan fingerprint density at radius 2 is 1.44 bits per heavy atom. The van der Waals surface area contributed by atoms with Crippen LogP contribution in [0.2, 0.25) is 0 Å². The summed E-state index contributed by atoms with van der Waals surface area (Å²) in [4.78, 5) is 28.7. The molecule has 3 rings (SSSR count). The van der Waals surface area contributed by atoms with Crippen molar-refractivity contribution in [2.45, 2.75) is 13.8 Å². The summed E-state index contributed by atoms with van der Waals surface area (Å²) in [6, 6.07) is 7.46. The molecule has 1 saturated heterocycles. The maximum Gasteiger partial charge on any atom is 0.255 e. The fraction of sp³-hybridized carbons (Fsp3) is 0.368. The van der Waals surface area contributed by atoms with Crippen molar-refractivity contribution in [2.75, 3.05) is 26.2 Å². The van der Waals surface area contributed by atoms with Crippen LogP contribution in [0, 0.1) is 19.7 Å². The van der Waals surface area contributed by atoms with Gasteiger partial charge in [-0.15, -0.1) is 0 Å². The fourth-order valence-corrected chi connectivity index (χ4v) is 3.13. The average Bonchev–Trinajstić information content (AvgIpc) is 2.89. The third kappa shape index (κ3) is 3.29. The SMILES string of the molecule is Cc1cc(C(=O)N2CCN(C(=O)c3ccc(F)cc3)CC2)c(C)n1C. The molecule has 2 amide bonds. The van der Waals surface area contributed by atoms with Gasteiger partial charge in [-0.05, 0) is 44.2 Å². The zero-order chi connectivity index (χ0) is 18.1. The molecule has 5 nitrogen and oxygen atoms in total. The number of halogens is 1. The lowest BCUT2D eigenvalue weighted by Crippen LogP contribution is -2.50. The summed E-state index contributed by atoms with van der Waals surface area (Å²) in [6.07, 6.45) is 0. The number of carbonyl (C=O) groups is 2. The molecule has 0 atom stereocenters. The van der Waals surface area contributed by atoms with Crippen molar-refractivity contribution in [3.63, 3.8) is 0 Å². The molecule has 0 unspecified atom stereocenters. The van der Waals surface area contributed by atoms with E-state index in [2.05, 4.69) is 0 Å². The van der Waals surface area contributed by atoms with Crippen molar-refractivity contribution in [3.05, 3.63) is 58.7 Å². The first-order valence-electron chi connectivity index (χ1n) is 8.35. The Labute approximate surface area is 146 Å². The zero-order valence-corrected chi connectivity index (χ0v) is 14.8. The molecule has 25 heavy (non-hydrogen) atoms. The largest absolute Gasteiger partial charge is 0.351 e. The van der Waals surface area contributed by atoms with Crippen molar-refractivity contribution in [1.82, 2.24) is 14.4 Å². The van der Waals surface area contributed by atoms with E-state index in [1.54, 1.807) is 9.80 Å². The van der Waals surface area contributed by atoms with Gasteiger partial charge in [0.1, 0.15) is 5.82 Å². The number of aryl methyl sites for hydroxylation is 1. The first-order chi connectivity index (χ1) is 11.9. The Balaban J connectivity index is 1.65. The van der Waals surface area contributed by atoms with E-state index in [0.29, 0.717) is 31.7 Å². The third-order valence-electron chi connectivity index (χ3n) is 4.95. The Morgan fingerprint density at radius 1 is 0.920 bits per heavy atom. The van der Waals surface area contributed by atoms with E-state index in [4.69, 9.17) is 0 Å². The Bertz CT molecular complexity index is 803. The monoisotopic (exact) mass is 343 g/mol. The molecule has 0 bridgehead atoms. The molecule has 6 heteroatoms. The van der Waals surface area contributed by atoms with Crippen LogP contribution in [0.1, 0.15) is 32.1 Å². The molecule has 2 aromatic rings. The van der Waals surface area contributed by atoms with Crippen LogP contribution in [-0.2, 0) is 7.05 Å². The minimum absolute atomic E-state index is 0.00933. The van der Waals surface area contributed by atoms with Gasteiger partial charge in [-0.1, -0.05) is 0 Å². The van der Waals surface area contributed by atoms with Crippen LogP contribution >= 0.6 is 0 Å². The Hall–Kier alpha value is -2.63. The van der Waals surface area contributed by atoms with Gasteiger partial charge in [-0.3, -0.25) is 9.59 Å². The lowest BCUT2D eigenvalue weighted by molar-refractivity contribution is 0.0535. The highest BCUT2D eigenvalue weighted by atomic mass is 19.1. The van der Waals surface area contributed by atoms with E-state index in [0.717, 1.165) is 17.0 Å². The van der Waals surface area contributed by atoms with Gasteiger partial charge < -0.3 is 14.4 Å². The van der Waals surface area contributed by atoms with Gasteiger partial charge in [0.05, 0.1) is 5.56 Å². The van der Waals surface area contributed by atoms with Gasteiger partial charge in [0.25, 0.3) is 11.8 Å². The van der Waals surface area contributed by atoms with Crippen LogP contribution in [0.4, 0.5) is 4.39 Å². The van der Waals surface area contributed by atoms with Gasteiger partial charge >= 0.3 is 0 Å². The standard InChI is InChI=1S/C19H22FN3O2/c1-13-12-17(14(2)21(13)3)19(25)23-10-8-22(9-11-23)18(24)15-4-6-16(20)7-5-15/h4-7,12H,8-11H2,1-3H3. The summed E-state index contributed by atoms with van der Waals surface area (Å²) in [6.45, 7) is 5.87. The highest BCUT2D eigenvalue weighted by Gasteiger charge is 2.27. The Kier molecular flexibility index (Phi) is 4.61. The van der Waals surface area contributed by atoms with Crippen LogP contribution < -0.4 is 0 Å². The maximum atomic E-state index is 13.0. The molecule has 1 fully saturated rings. The first-order valence-corrected chi connectivity index (χ1v) is 8.35. The van der Waals surface area contributed by atoms with Crippen LogP contribution in [0.5, 0.6) is 0 Å². The minimum Gasteiger partial charge on any atom is -0.351 e. The molecule has 1 aliphatic heterocycles. The van der Waals surface area contributed by atoms with Gasteiger partial charge in [0.2, 0.25) is 0 Å². The molecule has 1 aliphatic rings. The molecule has 0 saturated carbocycles. The molecule has 0 spiro atoms. The van der Waals surface area contributed by atoms with Crippen molar-refractivity contribution >= 4 is 11.8 Å². The van der Waals surface area contributed by atoms with E-state index in [9.17, 15) is 14.0 Å². The van der Waals surface area contributed by atoms with E-state index < -0.39 is 0 Å². The number of piperazine rings is 1. The molecule has 0 N–H and O–H groups in total. The number of carbonyl (C=O) groups excluding carboxylic acids is 2. The van der Waals surface area contributed by atoms with Crippen LogP contribution in [0.25, 0.3) is 0 Å². The van der Waals surface area contributed by atoms with Crippen molar-refractivity contribution < 1.29 is 14.0 Å². The van der Waals surface area contributed by atoms with Gasteiger partial charge in [0, 0.05) is 50.2 Å². The predicted molar refractivity (Wildman–Crippen MR) is 93.1 cm³/mol. The second-order valence-corrected chi connectivity index (χ2v) is 6.44. The molecular formula is C19H22FN3O2. The van der Waals surface area contributed by atoms with E-state index in [-0.39, 0.29) is 17.6 Å². The predicted octanol–water partition coefficient (Wildman–Crippen LogP) is 2.38. The lowest BCUT2D eigenvalue weighted by Gasteiger charge is -2.34. The molecule has 2 heterocycles. The number of amides is 2. The maximum absolute atomic E-state index is 13.0. The van der Waals surface area contributed by atoms with Gasteiger partial charge in [-0.2, -0.15) is 0 Å². The number of aromatic nitrogens is 1. The highest BCUT2D eigenvalue weighted by molar-refractivity contribution is 5.96. The summed E-state index contributed by atoms with van der Waals surface area (Å²) in [5.41, 5.74) is 3.19. The smallest absolute Gasteiger partial charge is 0.255 e. The highest BCUT2D eigenvalue weighted by Crippen LogP contribution is 2.17. The number of hydrogen-bond donors (Lipinski definition) is 0. The van der Waals surface area contributed by atoms with E-state index >= 15 is 0 Å². The topological polar surface area (TPSA) is 45.6 Å². The quantitative estimate of drug-likeness (QED) is 0.840. The molecule has 132 valence electrons. The summed E-state index contributed by atoms with van der Waals surface area (Å²) in [5.74, 6) is -0.477. The number of hydrogen-bond acceptors (Lipinski definition) is 2. The van der Waals surface area contributed by atoms with Crippen molar-refractivity contribution in [1.29, 1.82) is 0 Å². The molecular weight excluding hydrogens is 321 g/mol. The summed E-state index contributed by atoms with van der Waals surface area (Å²) in [7, 11) is 1.95. The first kappa shape index (κ1) is 17.2. The number of rotatable bonds is 2. The van der Waals surface area contributed by atoms with E-state index in [1.165, 1.54) is 24.3 Å². The van der Waals surface area contributed by atoms with Gasteiger partial charge in [-0.25, -0.2) is 4.39 Å². The zero-order valence-electron chi connectivity index (χ0n) is 14.8. The lowest BCUT2D eigenvalue weighted by atomic mass is 10.1. The number of benzene rings is 1. The number of nitrogens with zero attached hydrogens (tertiary/aromatic N) is 3. The Morgan fingerprint density at radius 3 is 1.92 bits per heavy atom. The summed E-state index contributed by atoms with van der Waals surface area (Å²) < 4.78 is 15.0. The molecule has 1 aromatic heterocycles. The van der Waals surface area contributed by atoms with Gasteiger partial charge in [0.15, 0.2) is 0 Å². The average molecular weight is 343 g/mol. The fourth-order valence-electron chi connectivity index (χ4n) is 3.13. The molecule has 1 aromatic carbocycles. The van der Waals surface area contributed by atoms with Crippen LogP contribution in [0.15, 0.2) is 30.3 Å². The minimum atomic E-state index is -0.361. The van der Waals surface area contributed by atoms with Crippen molar-refractivity contribution in [2.24, 2.45) is 7.05 Å². The van der Waals surface area contributed by atoms with Crippen molar-refractivity contribution in [3.8, 4) is 0 Å². The second kappa shape index (κ2) is 6.70. The second-order valence-electron chi connectivity index (χ2n) is 6.44. The summed E-state index contributed by atoms with van der Waals surface area (Å²) in [5, 5.41) is 0. The molecule has 0 aliphatic carbocycles. The normalized spacial score (nSPS) is 14.7. The summed E-state index contributed by atoms with van der Waals surface area (Å²) >= 11 is 0.